The molecule has 0 bridgehead atoms. The number of carbonyl (C=O) groups excluding carboxylic acids is 1. The molecule has 1 heterocycles. The van der Waals surface area contributed by atoms with Gasteiger partial charge in [0.1, 0.15) is 0 Å². The molecule has 7 nitrogen and oxygen atoms in total. The Hall–Kier alpha value is -2.58. The Morgan fingerprint density at radius 1 is 1.00 bits per heavy atom. The summed E-state index contributed by atoms with van der Waals surface area (Å²) in [6.45, 7) is 5.80. The SMILES string of the molecule is CCOc1ccc(CCC(=O)N2CCN(S(=O)(=O)c3ccc(C)cc3)CC2)cc1OC. The van der Waals surface area contributed by atoms with E-state index >= 15 is 0 Å². The maximum Gasteiger partial charge on any atom is 0.243 e. The number of aryl methyl sites for hydroxylation is 2. The Morgan fingerprint density at radius 3 is 2.29 bits per heavy atom. The smallest absolute Gasteiger partial charge is 0.243 e. The molecule has 2 aromatic carbocycles. The molecule has 8 heteroatoms. The van der Waals surface area contributed by atoms with Crippen molar-refractivity contribution in [3.63, 3.8) is 0 Å². The summed E-state index contributed by atoms with van der Waals surface area (Å²) < 4.78 is 38.0. The first-order valence-corrected chi connectivity index (χ1v) is 11.9. The minimum atomic E-state index is -3.53. The summed E-state index contributed by atoms with van der Waals surface area (Å²) in [7, 11) is -1.94. The fraction of sp³-hybridized carbons (Fsp3) is 0.435. The maximum atomic E-state index is 12.8. The predicted molar refractivity (Wildman–Crippen MR) is 119 cm³/mol. The maximum absolute atomic E-state index is 12.8. The first kappa shape index (κ1) is 23.1. The van der Waals surface area contributed by atoms with E-state index in [-0.39, 0.29) is 5.91 Å². The lowest BCUT2D eigenvalue weighted by atomic mass is 10.1. The molecular weight excluding hydrogens is 416 g/mol. The van der Waals surface area contributed by atoms with Crippen molar-refractivity contribution in [2.45, 2.75) is 31.6 Å². The highest BCUT2D eigenvalue weighted by molar-refractivity contribution is 7.89. The molecule has 168 valence electrons. The third-order valence-corrected chi connectivity index (χ3v) is 7.32. The van der Waals surface area contributed by atoms with E-state index in [0.29, 0.717) is 62.0 Å². The van der Waals surface area contributed by atoms with Crippen LogP contribution in [0.5, 0.6) is 11.5 Å². The summed E-state index contributed by atoms with van der Waals surface area (Å²) >= 11 is 0. The lowest BCUT2D eigenvalue weighted by Gasteiger charge is -2.34. The van der Waals surface area contributed by atoms with Crippen LogP contribution in [0.1, 0.15) is 24.5 Å². The second kappa shape index (κ2) is 10.2. The molecule has 1 saturated heterocycles. The summed E-state index contributed by atoms with van der Waals surface area (Å²) in [4.78, 5) is 14.7. The molecule has 1 aliphatic heterocycles. The van der Waals surface area contributed by atoms with E-state index in [1.165, 1.54) is 4.31 Å². The van der Waals surface area contributed by atoms with Crippen molar-refractivity contribution in [1.82, 2.24) is 9.21 Å². The van der Waals surface area contributed by atoms with Crippen LogP contribution in [0.2, 0.25) is 0 Å². The highest BCUT2D eigenvalue weighted by Crippen LogP contribution is 2.28. The number of amides is 1. The van der Waals surface area contributed by atoms with Gasteiger partial charge < -0.3 is 14.4 Å². The van der Waals surface area contributed by atoms with Gasteiger partial charge in [-0.1, -0.05) is 23.8 Å². The van der Waals surface area contributed by atoms with E-state index in [1.807, 2.05) is 32.0 Å². The number of sulfonamides is 1. The van der Waals surface area contributed by atoms with Crippen LogP contribution in [0.15, 0.2) is 47.4 Å². The number of rotatable bonds is 8. The molecule has 1 amide bonds. The van der Waals surface area contributed by atoms with E-state index in [2.05, 4.69) is 0 Å². The normalized spacial score (nSPS) is 15.0. The highest BCUT2D eigenvalue weighted by Gasteiger charge is 2.29. The van der Waals surface area contributed by atoms with Crippen LogP contribution in [0.3, 0.4) is 0 Å². The Balaban J connectivity index is 1.54. The summed E-state index contributed by atoms with van der Waals surface area (Å²) in [5, 5.41) is 0. The van der Waals surface area contributed by atoms with E-state index in [0.717, 1.165) is 11.1 Å². The minimum absolute atomic E-state index is 0.0280. The van der Waals surface area contributed by atoms with Crippen molar-refractivity contribution < 1.29 is 22.7 Å². The van der Waals surface area contributed by atoms with Crippen molar-refractivity contribution in [3.05, 3.63) is 53.6 Å². The van der Waals surface area contributed by atoms with Gasteiger partial charge in [0.25, 0.3) is 0 Å². The molecule has 31 heavy (non-hydrogen) atoms. The second-order valence-corrected chi connectivity index (χ2v) is 9.45. The van der Waals surface area contributed by atoms with Gasteiger partial charge in [-0.3, -0.25) is 4.79 Å². The fourth-order valence-corrected chi connectivity index (χ4v) is 5.01. The monoisotopic (exact) mass is 446 g/mol. The molecule has 0 radical (unpaired) electrons. The number of carbonyl (C=O) groups is 1. The predicted octanol–water partition coefficient (Wildman–Crippen LogP) is 2.87. The quantitative estimate of drug-likeness (QED) is 0.623. The standard InChI is InChI=1S/C23H30N2O5S/c1-4-30-21-11-7-19(17-22(21)29-3)8-12-23(26)24-13-15-25(16-14-24)31(27,28)20-9-5-18(2)6-10-20/h5-7,9-11,17H,4,8,12-16H2,1-3H3. The van der Waals surface area contributed by atoms with Crippen LogP contribution in [-0.4, -0.2) is 63.4 Å². The minimum Gasteiger partial charge on any atom is -0.493 e. The third-order valence-electron chi connectivity index (χ3n) is 5.41. The van der Waals surface area contributed by atoms with Gasteiger partial charge in [-0.15, -0.1) is 0 Å². The lowest BCUT2D eigenvalue weighted by Crippen LogP contribution is -2.50. The van der Waals surface area contributed by atoms with Crippen molar-refractivity contribution >= 4 is 15.9 Å². The number of hydrogen-bond donors (Lipinski definition) is 0. The van der Waals surface area contributed by atoms with Gasteiger partial charge in [0, 0.05) is 32.6 Å². The number of benzene rings is 2. The topological polar surface area (TPSA) is 76.2 Å². The zero-order chi connectivity index (χ0) is 22.4. The Morgan fingerprint density at radius 2 is 1.68 bits per heavy atom. The number of ether oxygens (including phenoxy) is 2. The van der Waals surface area contributed by atoms with Gasteiger partial charge >= 0.3 is 0 Å². The zero-order valence-electron chi connectivity index (χ0n) is 18.3. The molecule has 1 fully saturated rings. The van der Waals surface area contributed by atoms with E-state index < -0.39 is 10.0 Å². The molecule has 0 atom stereocenters. The molecule has 0 saturated carbocycles. The van der Waals surface area contributed by atoms with E-state index in [9.17, 15) is 13.2 Å². The van der Waals surface area contributed by atoms with Crippen molar-refractivity contribution in [1.29, 1.82) is 0 Å². The first-order valence-electron chi connectivity index (χ1n) is 10.5. The van der Waals surface area contributed by atoms with Gasteiger partial charge in [-0.25, -0.2) is 8.42 Å². The third kappa shape index (κ3) is 5.57. The van der Waals surface area contributed by atoms with Crippen LogP contribution >= 0.6 is 0 Å². The Labute approximate surface area is 184 Å². The number of hydrogen-bond acceptors (Lipinski definition) is 5. The zero-order valence-corrected chi connectivity index (χ0v) is 19.2. The molecule has 2 aromatic rings. The van der Waals surface area contributed by atoms with E-state index in [1.54, 1.807) is 36.3 Å². The van der Waals surface area contributed by atoms with Crippen molar-refractivity contribution in [2.24, 2.45) is 0 Å². The summed E-state index contributed by atoms with van der Waals surface area (Å²) in [6.07, 6.45) is 0.950. The second-order valence-electron chi connectivity index (χ2n) is 7.52. The molecule has 3 rings (SSSR count). The number of methoxy groups -OCH3 is 1. The van der Waals surface area contributed by atoms with Crippen LogP contribution in [0.4, 0.5) is 0 Å². The van der Waals surface area contributed by atoms with Crippen LogP contribution in [0, 0.1) is 6.92 Å². The largest absolute Gasteiger partial charge is 0.493 e. The van der Waals surface area contributed by atoms with Crippen LogP contribution < -0.4 is 9.47 Å². The molecular formula is C23H30N2O5S. The molecule has 1 aliphatic rings. The Kier molecular flexibility index (Phi) is 7.56. The van der Waals surface area contributed by atoms with Gasteiger partial charge in [-0.05, 0) is 50.1 Å². The van der Waals surface area contributed by atoms with Crippen LogP contribution in [0.25, 0.3) is 0 Å². The Bertz CT molecular complexity index is 997. The number of nitrogens with zero attached hydrogens (tertiary/aromatic N) is 2. The van der Waals surface area contributed by atoms with Crippen molar-refractivity contribution in [2.75, 3.05) is 39.9 Å². The van der Waals surface area contributed by atoms with Crippen molar-refractivity contribution in [3.8, 4) is 11.5 Å². The van der Waals surface area contributed by atoms with Gasteiger partial charge in [0.05, 0.1) is 18.6 Å². The molecule has 0 unspecified atom stereocenters. The average Bonchev–Trinajstić information content (AvgIpc) is 2.78. The summed E-state index contributed by atoms with van der Waals surface area (Å²) in [5.41, 5.74) is 2.01. The molecule has 0 aliphatic carbocycles. The van der Waals surface area contributed by atoms with Gasteiger partial charge in [0.15, 0.2) is 11.5 Å². The lowest BCUT2D eigenvalue weighted by molar-refractivity contribution is -0.132. The first-order chi connectivity index (χ1) is 14.8. The molecule has 0 N–H and O–H groups in total. The molecule has 0 spiro atoms. The highest BCUT2D eigenvalue weighted by atomic mass is 32.2. The fourth-order valence-electron chi connectivity index (χ4n) is 3.59. The van der Waals surface area contributed by atoms with Crippen LogP contribution in [-0.2, 0) is 21.2 Å². The van der Waals surface area contributed by atoms with E-state index in [4.69, 9.17) is 9.47 Å². The van der Waals surface area contributed by atoms with Gasteiger partial charge in [0.2, 0.25) is 15.9 Å². The number of piperazine rings is 1. The average molecular weight is 447 g/mol. The molecule has 0 aromatic heterocycles. The summed E-state index contributed by atoms with van der Waals surface area (Å²) in [5.74, 6) is 1.37. The van der Waals surface area contributed by atoms with Gasteiger partial charge in [-0.2, -0.15) is 4.31 Å². The summed E-state index contributed by atoms with van der Waals surface area (Å²) in [6, 6.07) is 12.5.